The summed E-state index contributed by atoms with van der Waals surface area (Å²) in [6.45, 7) is -0.166. The zero-order valence-corrected chi connectivity index (χ0v) is 19.6. The monoisotopic (exact) mass is 495 g/mol. The van der Waals surface area contributed by atoms with Crippen LogP contribution in [0.4, 0.5) is 11.5 Å². The van der Waals surface area contributed by atoms with Crippen LogP contribution in [0.3, 0.4) is 0 Å². The SMILES string of the molecule is NS(=O)(=O)OC[C@@H]1C[C@@H](Nc2ncnc3c2N=C(c2ccccc2Oc2ccccc2)C3)C[C@@H]1O. The van der Waals surface area contributed by atoms with E-state index < -0.39 is 16.4 Å². The molecular formula is C24H25N5O5S. The number of ether oxygens (including phenoxy) is 1. The van der Waals surface area contributed by atoms with Crippen LogP contribution in [-0.2, 0) is 20.9 Å². The Morgan fingerprint density at radius 1 is 1.06 bits per heavy atom. The summed E-state index contributed by atoms with van der Waals surface area (Å²) in [5, 5.41) is 18.6. The van der Waals surface area contributed by atoms with Crippen LogP contribution in [0.15, 0.2) is 65.9 Å². The van der Waals surface area contributed by atoms with E-state index in [0.717, 1.165) is 22.7 Å². The van der Waals surface area contributed by atoms with Gasteiger partial charge in [-0.1, -0.05) is 30.3 Å². The third kappa shape index (κ3) is 5.49. The molecule has 0 amide bonds. The lowest BCUT2D eigenvalue weighted by molar-refractivity contribution is 0.101. The number of hydrogen-bond acceptors (Lipinski definition) is 9. The van der Waals surface area contributed by atoms with Gasteiger partial charge in [0, 0.05) is 23.9 Å². The summed E-state index contributed by atoms with van der Waals surface area (Å²) in [6.07, 6.45) is 2.21. The molecule has 2 heterocycles. The van der Waals surface area contributed by atoms with Crippen molar-refractivity contribution < 1.29 is 22.4 Å². The second kappa shape index (κ2) is 9.70. The molecule has 0 radical (unpaired) electrons. The number of nitrogens with one attached hydrogen (secondary N) is 1. The molecule has 5 rings (SSSR count). The Morgan fingerprint density at radius 2 is 1.83 bits per heavy atom. The van der Waals surface area contributed by atoms with Gasteiger partial charge in [-0.25, -0.2) is 20.1 Å². The maximum absolute atomic E-state index is 11.1. The van der Waals surface area contributed by atoms with Crippen molar-refractivity contribution in [3.05, 3.63) is 72.2 Å². The van der Waals surface area contributed by atoms with E-state index in [-0.39, 0.29) is 18.6 Å². The molecule has 1 saturated carbocycles. The molecule has 3 atom stereocenters. The minimum atomic E-state index is -4.06. The molecule has 4 N–H and O–H groups in total. The summed E-state index contributed by atoms with van der Waals surface area (Å²) in [6, 6.07) is 17.1. The van der Waals surface area contributed by atoms with E-state index in [1.807, 2.05) is 54.6 Å². The predicted octanol–water partition coefficient (Wildman–Crippen LogP) is 2.72. The number of aromatic nitrogens is 2. The average molecular weight is 496 g/mol. The van der Waals surface area contributed by atoms with E-state index in [2.05, 4.69) is 19.5 Å². The lowest BCUT2D eigenvalue weighted by Crippen LogP contribution is -2.24. The summed E-state index contributed by atoms with van der Waals surface area (Å²) < 4.78 is 33.0. The minimum Gasteiger partial charge on any atom is -0.457 e. The van der Waals surface area contributed by atoms with Crippen molar-refractivity contribution in [2.75, 3.05) is 11.9 Å². The summed E-state index contributed by atoms with van der Waals surface area (Å²) in [5.74, 6) is 1.64. The fraction of sp³-hybridized carbons (Fsp3) is 0.292. The Bertz CT molecular complexity index is 1350. The van der Waals surface area contributed by atoms with Crippen molar-refractivity contribution in [1.82, 2.24) is 9.97 Å². The average Bonchev–Trinajstić information content (AvgIpc) is 3.42. The van der Waals surface area contributed by atoms with E-state index in [9.17, 15) is 13.5 Å². The molecule has 2 aliphatic rings. The molecule has 3 aromatic rings. The van der Waals surface area contributed by atoms with Crippen LogP contribution in [0.2, 0.25) is 0 Å². The van der Waals surface area contributed by atoms with Crippen LogP contribution in [0.5, 0.6) is 11.5 Å². The fourth-order valence-electron chi connectivity index (χ4n) is 4.44. The number of aliphatic imine (C=N–C) groups is 1. The Labute approximate surface area is 203 Å². The van der Waals surface area contributed by atoms with Crippen molar-refractivity contribution in [2.24, 2.45) is 16.0 Å². The van der Waals surface area contributed by atoms with Gasteiger partial charge in [-0.05, 0) is 37.1 Å². The lowest BCUT2D eigenvalue weighted by Gasteiger charge is -2.14. The van der Waals surface area contributed by atoms with Crippen LogP contribution < -0.4 is 15.2 Å². The third-order valence-corrected chi connectivity index (χ3v) is 6.56. The zero-order chi connectivity index (χ0) is 24.4. The molecule has 2 aromatic carbocycles. The smallest absolute Gasteiger partial charge is 0.333 e. The maximum atomic E-state index is 11.1. The van der Waals surface area contributed by atoms with E-state index >= 15 is 0 Å². The van der Waals surface area contributed by atoms with Crippen LogP contribution in [0.25, 0.3) is 0 Å². The standard InChI is InChI=1S/C24H25N5O5S/c25-35(31,32)33-13-15-10-16(11-21(15)30)28-24-23-20(26-14-27-24)12-19(29-23)18-8-4-5-9-22(18)34-17-6-2-1-3-7-17/h1-9,14-16,21,30H,10-13H2,(H2,25,31,32)(H,26,27,28)/t15-,16+,21-/m0/s1. The number of hydrogen-bond donors (Lipinski definition) is 3. The summed E-state index contributed by atoms with van der Waals surface area (Å²) in [4.78, 5) is 13.6. The molecule has 35 heavy (non-hydrogen) atoms. The van der Waals surface area contributed by atoms with E-state index in [1.54, 1.807) is 0 Å². The maximum Gasteiger partial charge on any atom is 0.333 e. The third-order valence-electron chi connectivity index (χ3n) is 6.09. The molecule has 10 nitrogen and oxygen atoms in total. The predicted molar refractivity (Wildman–Crippen MR) is 130 cm³/mol. The van der Waals surface area contributed by atoms with Crippen molar-refractivity contribution in [3.63, 3.8) is 0 Å². The second-order valence-corrected chi connectivity index (χ2v) is 9.80. The second-order valence-electron chi connectivity index (χ2n) is 8.58. The highest BCUT2D eigenvalue weighted by molar-refractivity contribution is 7.84. The zero-order valence-electron chi connectivity index (χ0n) is 18.7. The van der Waals surface area contributed by atoms with Crippen molar-refractivity contribution in [1.29, 1.82) is 0 Å². The molecule has 11 heteroatoms. The van der Waals surface area contributed by atoms with Crippen LogP contribution in [-0.4, -0.2) is 48.0 Å². The number of aliphatic hydroxyl groups is 1. The Hall–Kier alpha value is -3.38. The quantitative estimate of drug-likeness (QED) is 0.432. The molecule has 0 bridgehead atoms. The van der Waals surface area contributed by atoms with Gasteiger partial charge in [-0.3, -0.25) is 4.18 Å². The number of fused-ring (bicyclic) bond motifs is 1. The highest BCUT2D eigenvalue weighted by Crippen LogP contribution is 2.38. The van der Waals surface area contributed by atoms with Gasteiger partial charge in [0.2, 0.25) is 0 Å². The molecule has 1 fully saturated rings. The van der Waals surface area contributed by atoms with E-state index in [1.165, 1.54) is 6.33 Å². The number of nitrogens with two attached hydrogens (primary N) is 1. The van der Waals surface area contributed by atoms with Crippen LogP contribution in [0, 0.1) is 5.92 Å². The molecule has 182 valence electrons. The van der Waals surface area contributed by atoms with Gasteiger partial charge in [0.25, 0.3) is 0 Å². The Morgan fingerprint density at radius 3 is 2.63 bits per heavy atom. The van der Waals surface area contributed by atoms with Crippen LogP contribution in [0.1, 0.15) is 24.1 Å². The van der Waals surface area contributed by atoms with Crippen LogP contribution >= 0.6 is 0 Å². The molecular weight excluding hydrogens is 470 g/mol. The summed E-state index contributed by atoms with van der Waals surface area (Å²) in [7, 11) is -4.06. The topological polar surface area (TPSA) is 149 Å². The number of para-hydroxylation sites is 2. The number of anilines is 1. The Balaban J connectivity index is 1.34. The molecule has 1 aliphatic heterocycles. The first-order valence-corrected chi connectivity index (χ1v) is 12.7. The largest absolute Gasteiger partial charge is 0.457 e. The van der Waals surface area contributed by atoms with E-state index in [4.69, 9.17) is 14.9 Å². The summed E-state index contributed by atoms with van der Waals surface area (Å²) >= 11 is 0. The molecule has 1 aromatic heterocycles. The van der Waals surface area contributed by atoms with Gasteiger partial charge in [-0.15, -0.1) is 0 Å². The molecule has 0 saturated heterocycles. The van der Waals surface area contributed by atoms with E-state index in [0.29, 0.717) is 36.5 Å². The molecule has 0 unspecified atom stereocenters. The number of rotatable bonds is 8. The van der Waals surface area contributed by atoms with Gasteiger partial charge in [0.15, 0.2) is 5.82 Å². The fourth-order valence-corrected chi connectivity index (χ4v) is 4.81. The number of aliphatic hydroxyl groups excluding tert-OH is 1. The highest BCUT2D eigenvalue weighted by atomic mass is 32.2. The van der Waals surface area contributed by atoms with Crippen molar-refractivity contribution in [2.45, 2.75) is 31.4 Å². The van der Waals surface area contributed by atoms with Gasteiger partial charge in [0.05, 0.1) is 24.1 Å². The van der Waals surface area contributed by atoms with Gasteiger partial charge >= 0.3 is 10.3 Å². The number of benzene rings is 2. The first-order valence-electron chi connectivity index (χ1n) is 11.2. The van der Waals surface area contributed by atoms with Gasteiger partial charge in [-0.2, -0.15) is 8.42 Å². The molecule has 1 aliphatic carbocycles. The highest BCUT2D eigenvalue weighted by Gasteiger charge is 2.35. The van der Waals surface area contributed by atoms with Crippen molar-refractivity contribution >= 4 is 27.5 Å². The first kappa shape index (κ1) is 23.4. The normalized spacial score (nSPS) is 21.4. The van der Waals surface area contributed by atoms with Crippen molar-refractivity contribution in [3.8, 4) is 11.5 Å². The Kier molecular flexibility index (Phi) is 6.48. The molecule has 0 spiro atoms. The number of nitrogens with zero attached hydrogens (tertiary/aromatic N) is 3. The van der Waals surface area contributed by atoms with Gasteiger partial charge in [0.1, 0.15) is 23.5 Å². The lowest BCUT2D eigenvalue weighted by atomic mass is 10.1. The van der Waals surface area contributed by atoms with Gasteiger partial charge < -0.3 is 15.2 Å². The minimum absolute atomic E-state index is 0.133. The summed E-state index contributed by atoms with van der Waals surface area (Å²) in [5.41, 5.74) is 3.13. The first-order chi connectivity index (χ1) is 16.9.